The number of aliphatic hydroxyl groups is 1. The lowest BCUT2D eigenvalue weighted by atomic mass is 10.2. The third-order valence-corrected chi connectivity index (χ3v) is 3.32. The summed E-state index contributed by atoms with van der Waals surface area (Å²) in [4.78, 5) is 3.47. The minimum atomic E-state index is -0.503. The van der Waals surface area contributed by atoms with Gasteiger partial charge in [0.1, 0.15) is 0 Å². The Hall–Kier alpha value is -0.810. The molecule has 0 aliphatic heterocycles. The molecule has 0 amide bonds. The molecule has 1 heterocycles. The van der Waals surface area contributed by atoms with Crippen molar-refractivity contribution in [1.82, 2.24) is 4.98 Å². The summed E-state index contributed by atoms with van der Waals surface area (Å²) in [7, 11) is 0. The number of thioether (sulfide) groups is 1. The lowest BCUT2D eigenvalue weighted by Crippen LogP contribution is -2.30. The van der Waals surface area contributed by atoms with Crippen molar-refractivity contribution in [2.24, 2.45) is 0 Å². The van der Waals surface area contributed by atoms with Crippen molar-refractivity contribution in [1.29, 1.82) is 0 Å². The Morgan fingerprint density at radius 3 is 2.93 bits per heavy atom. The average Bonchev–Trinajstić information content (AvgIpc) is 2.19. The van der Waals surface area contributed by atoms with E-state index in [9.17, 15) is 4.39 Å². The molecule has 1 rings (SSSR count). The third-order valence-electron chi connectivity index (χ3n) is 2.16. The zero-order valence-corrected chi connectivity index (χ0v) is 9.59. The first-order valence-electron chi connectivity index (χ1n) is 4.69. The summed E-state index contributed by atoms with van der Waals surface area (Å²) in [6.07, 6.45) is 3.35. The molecule has 1 aromatic heterocycles. The largest absolute Gasteiger partial charge is 0.395 e. The van der Waals surface area contributed by atoms with Crippen LogP contribution in [0.5, 0.6) is 0 Å². The van der Waals surface area contributed by atoms with Crippen LogP contribution in [0.15, 0.2) is 18.3 Å². The van der Waals surface area contributed by atoms with E-state index in [2.05, 4.69) is 10.3 Å². The fourth-order valence-corrected chi connectivity index (χ4v) is 1.91. The van der Waals surface area contributed by atoms with Gasteiger partial charge in [0.25, 0.3) is 0 Å². The van der Waals surface area contributed by atoms with Crippen LogP contribution >= 0.6 is 11.8 Å². The quantitative estimate of drug-likeness (QED) is 0.756. The summed E-state index contributed by atoms with van der Waals surface area (Å²) < 4.78 is 12.8. The predicted octanol–water partition coefficient (Wildman–Crippen LogP) is 1.74. The van der Waals surface area contributed by atoms with Crippen molar-refractivity contribution in [2.75, 3.05) is 18.2 Å². The normalized spacial score (nSPS) is 14.7. The van der Waals surface area contributed by atoms with Gasteiger partial charge >= 0.3 is 0 Å². The highest BCUT2D eigenvalue weighted by molar-refractivity contribution is 7.99. The minimum absolute atomic E-state index is 0.0757. The third kappa shape index (κ3) is 3.68. The number of nitrogens with zero attached hydrogens (tertiary/aromatic N) is 1. The summed E-state index contributed by atoms with van der Waals surface area (Å²) in [5.41, 5.74) is 0.683. The zero-order chi connectivity index (χ0) is 11.3. The molecule has 0 radical (unpaired) electrons. The molecule has 0 aliphatic rings. The van der Waals surface area contributed by atoms with Crippen molar-refractivity contribution in [3.63, 3.8) is 0 Å². The number of nitrogens with one attached hydrogen (secondary N) is 1. The fourth-order valence-electron chi connectivity index (χ4n) is 1.28. The Labute approximate surface area is 93.1 Å². The van der Waals surface area contributed by atoms with Gasteiger partial charge in [-0.25, -0.2) is 4.98 Å². The molecule has 0 aromatic carbocycles. The van der Waals surface area contributed by atoms with Crippen LogP contribution < -0.4 is 5.32 Å². The van der Waals surface area contributed by atoms with Crippen LogP contribution in [0.2, 0.25) is 0 Å². The maximum atomic E-state index is 12.8. The SMILES string of the molecule is CSC(CO)C(C)Nc1ccnc(F)c1. The Morgan fingerprint density at radius 1 is 1.67 bits per heavy atom. The Bertz CT molecular complexity index is 307. The molecule has 2 atom stereocenters. The first-order valence-corrected chi connectivity index (χ1v) is 5.98. The van der Waals surface area contributed by atoms with E-state index in [1.165, 1.54) is 12.3 Å². The van der Waals surface area contributed by atoms with Crippen molar-refractivity contribution in [3.05, 3.63) is 24.3 Å². The molecule has 84 valence electrons. The number of rotatable bonds is 5. The van der Waals surface area contributed by atoms with Crippen LogP contribution in [0.1, 0.15) is 6.92 Å². The number of aromatic nitrogens is 1. The van der Waals surface area contributed by atoms with E-state index in [1.807, 2.05) is 13.2 Å². The summed E-state index contributed by atoms with van der Waals surface area (Å²) in [5.74, 6) is -0.503. The van der Waals surface area contributed by atoms with E-state index < -0.39 is 5.95 Å². The van der Waals surface area contributed by atoms with Gasteiger partial charge in [-0.15, -0.1) is 0 Å². The van der Waals surface area contributed by atoms with Crippen LogP contribution in [0.25, 0.3) is 0 Å². The number of halogens is 1. The van der Waals surface area contributed by atoms with E-state index in [-0.39, 0.29) is 17.9 Å². The van der Waals surface area contributed by atoms with Gasteiger partial charge in [0.15, 0.2) is 0 Å². The fraction of sp³-hybridized carbons (Fsp3) is 0.500. The Kier molecular flexibility index (Phi) is 4.84. The Morgan fingerprint density at radius 2 is 2.40 bits per heavy atom. The van der Waals surface area contributed by atoms with Gasteiger partial charge < -0.3 is 10.4 Å². The van der Waals surface area contributed by atoms with Gasteiger partial charge in [-0.2, -0.15) is 16.2 Å². The van der Waals surface area contributed by atoms with Gasteiger partial charge in [-0.1, -0.05) is 0 Å². The lowest BCUT2D eigenvalue weighted by molar-refractivity contribution is 0.288. The minimum Gasteiger partial charge on any atom is -0.395 e. The molecule has 1 aromatic rings. The van der Waals surface area contributed by atoms with Gasteiger partial charge in [0.2, 0.25) is 5.95 Å². The second kappa shape index (κ2) is 5.92. The summed E-state index contributed by atoms with van der Waals surface area (Å²) >= 11 is 1.58. The Balaban J connectivity index is 2.61. The molecule has 0 spiro atoms. The highest BCUT2D eigenvalue weighted by Crippen LogP contribution is 2.16. The van der Waals surface area contributed by atoms with Crippen molar-refractivity contribution in [3.8, 4) is 0 Å². The molecular formula is C10H15FN2OS. The second-order valence-corrected chi connectivity index (χ2v) is 4.33. The van der Waals surface area contributed by atoms with E-state index in [4.69, 9.17) is 5.11 Å². The molecule has 5 heteroatoms. The highest BCUT2D eigenvalue weighted by atomic mass is 32.2. The summed E-state index contributed by atoms with van der Waals surface area (Å²) in [6.45, 7) is 2.05. The molecule has 3 nitrogen and oxygen atoms in total. The molecule has 15 heavy (non-hydrogen) atoms. The maximum Gasteiger partial charge on any atom is 0.214 e. The molecule has 0 bridgehead atoms. The smallest absolute Gasteiger partial charge is 0.214 e. The van der Waals surface area contributed by atoms with Gasteiger partial charge in [-0.05, 0) is 19.2 Å². The molecular weight excluding hydrogens is 215 g/mol. The monoisotopic (exact) mass is 230 g/mol. The number of aliphatic hydroxyl groups excluding tert-OH is 1. The van der Waals surface area contributed by atoms with Crippen LogP contribution in [-0.4, -0.2) is 34.2 Å². The molecule has 2 N–H and O–H groups in total. The molecule has 0 saturated heterocycles. The first kappa shape index (κ1) is 12.3. The maximum absolute atomic E-state index is 12.8. The molecule has 2 unspecified atom stereocenters. The van der Waals surface area contributed by atoms with Gasteiger partial charge in [0, 0.05) is 29.2 Å². The zero-order valence-electron chi connectivity index (χ0n) is 8.77. The number of anilines is 1. The van der Waals surface area contributed by atoms with Crippen molar-refractivity contribution in [2.45, 2.75) is 18.2 Å². The lowest BCUT2D eigenvalue weighted by Gasteiger charge is -2.22. The van der Waals surface area contributed by atoms with E-state index in [0.29, 0.717) is 5.69 Å². The number of pyridine rings is 1. The molecule has 0 fully saturated rings. The number of hydrogen-bond acceptors (Lipinski definition) is 4. The topological polar surface area (TPSA) is 45.1 Å². The molecule has 0 aliphatic carbocycles. The van der Waals surface area contributed by atoms with Crippen molar-refractivity contribution >= 4 is 17.4 Å². The van der Waals surface area contributed by atoms with Gasteiger partial charge in [-0.3, -0.25) is 0 Å². The predicted molar refractivity (Wildman–Crippen MR) is 61.7 cm³/mol. The number of hydrogen-bond donors (Lipinski definition) is 2. The van der Waals surface area contributed by atoms with E-state index in [0.717, 1.165) is 0 Å². The summed E-state index contributed by atoms with van der Waals surface area (Å²) in [5, 5.41) is 12.3. The van der Waals surface area contributed by atoms with E-state index in [1.54, 1.807) is 17.8 Å². The van der Waals surface area contributed by atoms with Crippen LogP contribution in [0, 0.1) is 5.95 Å². The molecule has 0 saturated carbocycles. The standard InChI is InChI=1S/C10H15FN2OS/c1-7(9(6-14)15-2)13-8-3-4-12-10(11)5-8/h3-5,7,9,14H,6H2,1-2H3,(H,12,13). The van der Waals surface area contributed by atoms with Crippen LogP contribution in [0.3, 0.4) is 0 Å². The van der Waals surface area contributed by atoms with Crippen LogP contribution in [0.4, 0.5) is 10.1 Å². The second-order valence-electron chi connectivity index (χ2n) is 3.26. The van der Waals surface area contributed by atoms with Crippen molar-refractivity contribution < 1.29 is 9.50 Å². The van der Waals surface area contributed by atoms with Gasteiger partial charge in [0.05, 0.1) is 6.61 Å². The van der Waals surface area contributed by atoms with E-state index >= 15 is 0 Å². The highest BCUT2D eigenvalue weighted by Gasteiger charge is 2.14. The average molecular weight is 230 g/mol. The summed E-state index contributed by atoms with van der Waals surface area (Å²) in [6, 6.07) is 3.12. The van der Waals surface area contributed by atoms with Crippen LogP contribution in [-0.2, 0) is 0 Å². The first-order chi connectivity index (χ1) is 7.17.